The van der Waals surface area contributed by atoms with Crippen LogP contribution in [-0.2, 0) is 0 Å². The van der Waals surface area contributed by atoms with E-state index in [0.717, 1.165) is 36.4 Å². The molecule has 0 radical (unpaired) electrons. The summed E-state index contributed by atoms with van der Waals surface area (Å²) >= 11 is 6.80. The van der Waals surface area contributed by atoms with Gasteiger partial charge in [0.05, 0.1) is 28.1 Å². The van der Waals surface area contributed by atoms with Crippen LogP contribution >= 0.6 is 38.6 Å². The van der Waals surface area contributed by atoms with Gasteiger partial charge in [-0.1, -0.05) is 0 Å². The van der Waals surface area contributed by atoms with Gasteiger partial charge in [0.2, 0.25) is 0 Å². The van der Waals surface area contributed by atoms with Crippen LogP contribution in [0.25, 0.3) is 21.1 Å². The molecule has 0 saturated heterocycles. The molecule has 6 heteroatoms. The SMILES string of the molecule is CCOc1ccc(-c2nc(-c3ccc(Br)s3)cs2)cc1OC. The summed E-state index contributed by atoms with van der Waals surface area (Å²) in [5.74, 6) is 1.49. The molecule has 0 aliphatic carbocycles. The van der Waals surface area contributed by atoms with Crippen molar-refractivity contribution >= 4 is 38.6 Å². The first-order valence-electron chi connectivity index (χ1n) is 6.73. The van der Waals surface area contributed by atoms with Crippen molar-refractivity contribution < 1.29 is 9.47 Å². The Morgan fingerprint density at radius 3 is 2.73 bits per heavy atom. The van der Waals surface area contributed by atoms with E-state index in [2.05, 4.69) is 27.4 Å². The third-order valence-electron chi connectivity index (χ3n) is 3.04. The third kappa shape index (κ3) is 3.19. The zero-order valence-corrected chi connectivity index (χ0v) is 15.3. The number of halogens is 1. The number of benzene rings is 1. The topological polar surface area (TPSA) is 31.4 Å². The Morgan fingerprint density at radius 2 is 2.05 bits per heavy atom. The molecule has 3 rings (SSSR count). The van der Waals surface area contributed by atoms with Crippen LogP contribution < -0.4 is 9.47 Å². The van der Waals surface area contributed by atoms with Crippen molar-refractivity contribution in [2.45, 2.75) is 6.92 Å². The lowest BCUT2D eigenvalue weighted by Gasteiger charge is -2.09. The summed E-state index contributed by atoms with van der Waals surface area (Å²) in [4.78, 5) is 5.89. The van der Waals surface area contributed by atoms with Gasteiger partial charge in [-0.2, -0.15) is 0 Å². The Morgan fingerprint density at radius 1 is 1.18 bits per heavy atom. The van der Waals surface area contributed by atoms with Crippen LogP contribution in [0.2, 0.25) is 0 Å². The van der Waals surface area contributed by atoms with Gasteiger partial charge in [-0.05, 0) is 53.2 Å². The number of hydrogen-bond acceptors (Lipinski definition) is 5. The van der Waals surface area contributed by atoms with Crippen LogP contribution in [0.5, 0.6) is 11.5 Å². The lowest BCUT2D eigenvalue weighted by atomic mass is 10.2. The Kier molecular flexibility index (Phi) is 4.81. The summed E-state index contributed by atoms with van der Waals surface area (Å²) in [6.45, 7) is 2.57. The molecule has 0 bridgehead atoms. The summed E-state index contributed by atoms with van der Waals surface area (Å²) in [7, 11) is 1.65. The molecule has 0 aliphatic rings. The van der Waals surface area contributed by atoms with Crippen molar-refractivity contribution in [3.05, 3.63) is 39.5 Å². The van der Waals surface area contributed by atoms with Crippen molar-refractivity contribution in [3.63, 3.8) is 0 Å². The van der Waals surface area contributed by atoms with E-state index in [9.17, 15) is 0 Å². The van der Waals surface area contributed by atoms with E-state index in [1.807, 2.05) is 31.2 Å². The first-order chi connectivity index (χ1) is 10.7. The van der Waals surface area contributed by atoms with E-state index in [1.54, 1.807) is 29.8 Å². The Labute approximate surface area is 145 Å². The van der Waals surface area contributed by atoms with Crippen molar-refractivity contribution in [2.24, 2.45) is 0 Å². The monoisotopic (exact) mass is 395 g/mol. The molecule has 2 aromatic heterocycles. The largest absolute Gasteiger partial charge is 0.493 e. The fourth-order valence-corrected chi connectivity index (χ4v) is 4.29. The van der Waals surface area contributed by atoms with Gasteiger partial charge in [0, 0.05) is 10.9 Å². The van der Waals surface area contributed by atoms with Crippen LogP contribution in [0.1, 0.15) is 6.92 Å². The average molecular weight is 396 g/mol. The predicted octanol–water partition coefficient (Wildman–Crippen LogP) is 5.71. The number of rotatable bonds is 5. The van der Waals surface area contributed by atoms with E-state index in [0.29, 0.717) is 6.61 Å². The number of methoxy groups -OCH3 is 1. The Hall–Kier alpha value is -1.37. The number of thiazole rings is 1. The highest BCUT2D eigenvalue weighted by atomic mass is 79.9. The molecule has 0 aliphatic heterocycles. The van der Waals surface area contributed by atoms with Crippen molar-refractivity contribution in [2.75, 3.05) is 13.7 Å². The Balaban J connectivity index is 1.93. The fraction of sp³-hybridized carbons (Fsp3) is 0.188. The fourth-order valence-electron chi connectivity index (χ4n) is 2.05. The molecule has 0 saturated carbocycles. The molecule has 0 amide bonds. The first kappa shape index (κ1) is 15.5. The van der Waals surface area contributed by atoms with E-state index in [1.165, 1.54) is 0 Å². The minimum absolute atomic E-state index is 0.615. The second kappa shape index (κ2) is 6.81. The molecule has 3 nitrogen and oxygen atoms in total. The van der Waals surface area contributed by atoms with Crippen LogP contribution in [0, 0.1) is 0 Å². The quantitative estimate of drug-likeness (QED) is 0.554. The summed E-state index contributed by atoms with van der Waals surface area (Å²) in [6.07, 6.45) is 0. The third-order valence-corrected chi connectivity index (χ3v) is 5.58. The maximum Gasteiger partial charge on any atom is 0.161 e. The molecule has 2 heterocycles. The standard InChI is InChI=1S/C16H14BrNO2S2/c1-3-20-12-5-4-10(8-13(12)19-2)16-18-11(9-21-16)14-6-7-15(17)22-14/h4-9H,3H2,1-2H3. The van der Waals surface area contributed by atoms with E-state index < -0.39 is 0 Å². The van der Waals surface area contributed by atoms with Gasteiger partial charge in [0.25, 0.3) is 0 Å². The number of ether oxygens (including phenoxy) is 2. The van der Waals surface area contributed by atoms with Crippen LogP contribution in [0.15, 0.2) is 39.5 Å². The van der Waals surface area contributed by atoms with Gasteiger partial charge in [-0.3, -0.25) is 0 Å². The Bertz CT molecular complexity index is 782. The summed E-state index contributed by atoms with van der Waals surface area (Å²) in [5.41, 5.74) is 2.04. The zero-order chi connectivity index (χ0) is 15.5. The van der Waals surface area contributed by atoms with Crippen molar-refractivity contribution in [1.29, 1.82) is 0 Å². The van der Waals surface area contributed by atoms with Gasteiger partial charge >= 0.3 is 0 Å². The minimum atomic E-state index is 0.615. The summed E-state index contributed by atoms with van der Waals surface area (Å²) < 4.78 is 12.1. The highest BCUT2D eigenvalue weighted by Crippen LogP contribution is 2.37. The summed E-state index contributed by atoms with van der Waals surface area (Å²) in [5, 5.41) is 3.05. The maximum absolute atomic E-state index is 5.55. The van der Waals surface area contributed by atoms with Crippen molar-refractivity contribution in [1.82, 2.24) is 4.98 Å². The molecular formula is C16H14BrNO2S2. The second-order valence-corrected chi connectivity index (χ2v) is 7.76. The van der Waals surface area contributed by atoms with Crippen molar-refractivity contribution in [3.8, 4) is 32.6 Å². The number of aromatic nitrogens is 1. The van der Waals surface area contributed by atoms with E-state index in [-0.39, 0.29) is 0 Å². The first-order valence-corrected chi connectivity index (χ1v) is 9.22. The highest BCUT2D eigenvalue weighted by molar-refractivity contribution is 9.11. The lowest BCUT2D eigenvalue weighted by Crippen LogP contribution is -1.95. The normalized spacial score (nSPS) is 10.7. The molecule has 1 aromatic carbocycles. The molecule has 0 N–H and O–H groups in total. The molecular weight excluding hydrogens is 382 g/mol. The van der Waals surface area contributed by atoms with Gasteiger partial charge in [-0.25, -0.2) is 4.98 Å². The minimum Gasteiger partial charge on any atom is -0.493 e. The zero-order valence-electron chi connectivity index (χ0n) is 12.1. The van der Waals surface area contributed by atoms with Crippen LogP contribution in [-0.4, -0.2) is 18.7 Å². The van der Waals surface area contributed by atoms with Gasteiger partial charge in [0.15, 0.2) is 11.5 Å². The number of nitrogens with zero attached hydrogens (tertiary/aromatic N) is 1. The lowest BCUT2D eigenvalue weighted by molar-refractivity contribution is 0.311. The number of thiophene rings is 1. The second-order valence-electron chi connectivity index (χ2n) is 4.44. The van der Waals surface area contributed by atoms with Crippen LogP contribution in [0.4, 0.5) is 0 Å². The van der Waals surface area contributed by atoms with Gasteiger partial charge in [-0.15, -0.1) is 22.7 Å². The van der Waals surface area contributed by atoms with E-state index >= 15 is 0 Å². The van der Waals surface area contributed by atoms with Crippen LogP contribution in [0.3, 0.4) is 0 Å². The summed E-state index contributed by atoms with van der Waals surface area (Å²) in [6, 6.07) is 10.0. The smallest absolute Gasteiger partial charge is 0.161 e. The van der Waals surface area contributed by atoms with Gasteiger partial charge < -0.3 is 9.47 Å². The molecule has 3 aromatic rings. The molecule has 0 spiro atoms. The molecule has 0 atom stereocenters. The van der Waals surface area contributed by atoms with Gasteiger partial charge in [0.1, 0.15) is 5.01 Å². The maximum atomic E-state index is 5.55. The van der Waals surface area contributed by atoms with E-state index in [4.69, 9.17) is 14.5 Å². The molecule has 22 heavy (non-hydrogen) atoms. The average Bonchev–Trinajstić information content (AvgIpc) is 3.16. The highest BCUT2D eigenvalue weighted by Gasteiger charge is 2.11. The number of hydrogen-bond donors (Lipinski definition) is 0. The molecule has 0 unspecified atom stereocenters. The predicted molar refractivity (Wildman–Crippen MR) is 96.3 cm³/mol. The molecule has 114 valence electrons. The molecule has 0 fully saturated rings.